The first-order chi connectivity index (χ1) is 61.5. The normalized spacial score (nSPS) is 14.0. The summed E-state index contributed by atoms with van der Waals surface area (Å²) in [4.78, 5) is 12.3. The number of hydrogen-bond donors (Lipinski definition) is 5. The minimum absolute atomic E-state index is 0.00548. The molecule has 0 aliphatic heterocycles. The Kier molecular flexibility index (Phi) is 31.8. The number of rotatable bonds is 27. The van der Waals surface area contributed by atoms with Crippen LogP contribution in [0.25, 0.3) is 56.7 Å². The van der Waals surface area contributed by atoms with E-state index < -0.39 is 73.4 Å². The molecule has 5 N–H and O–H groups in total. The summed E-state index contributed by atoms with van der Waals surface area (Å²) in [6.07, 6.45) is 25.6. The molecule has 3 aliphatic rings. The van der Waals surface area contributed by atoms with Crippen molar-refractivity contribution in [3.8, 4) is 56.7 Å². The van der Waals surface area contributed by atoms with Crippen molar-refractivity contribution in [2.45, 2.75) is 160 Å². The molecule has 13 aromatic rings. The summed E-state index contributed by atoms with van der Waals surface area (Å²) in [6.45, 7) is 4.73. The van der Waals surface area contributed by atoms with Crippen LogP contribution in [0, 0.1) is 47.8 Å². The van der Waals surface area contributed by atoms with Crippen molar-refractivity contribution >= 4 is 50.1 Å². The molecule has 8 aromatic carbocycles. The van der Waals surface area contributed by atoms with Gasteiger partial charge in [-0.3, -0.25) is 0 Å². The van der Waals surface area contributed by atoms with Crippen LogP contribution >= 0.6 is 0 Å². The molecule has 0 amide bonds. The van der Waals surface area contributed by atoms with E-state index in [-0.39, 0.29) is 50.3 Å². The molecule has 0 bridgehead atoms. The molecule has 0 radical (unpaired) electrons. The van der Waals surface area contributed by atoms with Gasteiger partial charge in [0.05, 0.1) is 62.6 Å². The third kappa shape index (κ3) is 25.0. The molecule has 31 nitrogen and oxygen atoms in total. The third-order valence-corrected chi connectivity index (χ3v) is 29.6. The summed E-state index contributed by atoms with van der Waals surface area (Å²) in [6, 6.07) is 36.0. The smallest absolute Gasteiger partial charge is 0.240 e. The molecule has 684 valence electrons. The van der Waals surface area contributed by atoms with E-state index in [0.717, 1.165) is 95.0 Å². The monoisotopic (exact) mass is 1870 g/mol. The summed E-state index contributed by atoms with van der Waals surface area (Å²) in [5.41, 5.74) is 11.1. The van der Waals surface area contributed by atoms with Gasteiger partial charge in [0, 0.05) is 72.7 Å². The largest absolute Gasteiger partial charge is 0.337 e. The number of aromatic nitrogens is 16. The fourth-order valence-electron chi connectivity index (χ4n) is 15.4. The Morgan fingerprint density at radius 1 is 0.388 bits per heavy atom. The summed E-state index contributed by atoms with van der Waals surface area (Å²) in [7, 11) is -6.30. The number of sulfonamides is 5. The zero-order chi connectivity index (χ0) is 92.7. The first-order valence-electron chi connectivity index (χ1n) is 41.7. The van der Waals surface area contributed by atoms with Crippen LogP contribution in [0.15, 0.2) is 195 Å². The lowest BCUT2D eigenvalue weighted by atomic mass is 9.83. The Labute approximate surface area is 747 Å². The molecular weight excluding hydrogens is 1770 g/mol. The molecule has 0 atom stereocenters. The molecule has 5 heterocycles. The van der Waals surface area contributed by atoms with E-state index in [0.29, 0.717) is 73.6 Å². The van der Waals surface area contributed by atoms with E-state index >= 15 is 0 Å². The zero-order valence-corrected chi connectivity index (χ0v) is 76.9. The molecule has 0 spiro atoms. The summed E-state index contributed by atoms with van der Waals surface area (Å²) < 4.78 is 207. The van der Waals surface area contributed by atoms with Gasteiger partial charge in [-0.25, -0.2) is 102 Å². The predicted octanol–water partition coefficient (Wildman–Crippen LogP) is 12.6. The van der Waals surface area contributed by atoms with Gasteiger partial charge in [-0.2, -0.15) is 9.59 Å². The Bertz CT molecular complexity index is 6740. The topological polar surface area (TPSA) is 397 Å². The highest BCUT2D eigenvalue weighted by Gasteiger charge is 2.29. The van der Waals surface area contributed by atoms with E-state index in [9.17, 15) is 64.0 Å². The minimum Gasteiger partial charge on any atom is -0.337 e. The predicted molar refractivity (Wildman–Crippen MR) is 476 cm³/mol. The number of tetrazole rings is 3. The summed E-state index contributed by atoms with van der Waals surface area (Å²) >= 11 is 0. The number of aryl methyl sites for hydroxylation is 5. The fraction of sp³-hybridized carbons (Fsp3) is 0.352. The molecule has 3 saturated carbocycles. The molecular formula is C88H102F5N21O10S5. The van der Waals surface area contributed by atoms with Gasteiger partial charge in [-0.15, -0.1) is 25.5 Å². The average Bonchev–Trinajstić information content (AvgIpc) is 1.82. The molecule has 3 aliphatic carbocycles. The van der Waals surface area contributed by atoms with Gasteiger partial charge in [0.25, 0.3) is 0 Å². The van der Waals surface area contributed by atoms with Crippen molar-refractivity contribution in [3.05, 3.63) is 250 Å². The molecule has 41 heteroatoms. The molecule has 129 heavy (non-hydrogen) atoms. The first-order valence-corrected chi connectivity index (χ1v) is 49.1. The standard InChI is InChI=1S/C20H27N3O2S.C19H27N3O2S.C17H18FN5O2S.2C16H15F2N5O2S/c1-21-26(24,25)18-10-7-16(11-15-5-3-2-4-6-15)19(12-18)20-13-23(14-22-20)17-8-9-17;1-3-22-13-19(21-14-22)18-12-17(25(23,24)20-2)10-9-16(18)11-15-7-5-4-6-8-15;1-11-6-12(9-14(18)7-11)8-13-4-5-15(26(24,25)19-2)10-16(13)17-20-22-23(3)21-17;1-19-26(24,25)13-5-3-10(7-11-8-12(17)4-6-15(11)18)14(9-13)16-20-21-22-23(16)2;1-19-26(24,25)13-5-3-10(7-11-8-12(17)4-6-15(11)18)14(9-13)16-20-22-23(2)21-16/h7,10,12-15,17,21H,2-6,8-9,11H2,1H3;9-10,12-15,20H,3-8,11H2,1-2H3;4-7,9-10,19H,8H2,1-3H3;2*3-6,8-9,19H,7H2,1-2H3. The van der Waals surface area contributed by atoms with Crippen LogP contribution in [0.5, 0.6) is 0 Å². The van der Waals surface area contributed by atoms with E-state index in [1.807, 2.05) is 42.2 Å². The molecule has 0 saturated heterocycles. The maximum absolute atomic E-state index is 14.0. The van der Waals surface area contributed by atoms with Crippen molar-refractivity contribution in [1.82, 2.24) is 103 Å². The second kappa shape index (κ2) is 42.4. The maximum atomic E-state index is 14.0. The van der Waals surface area contributed by atoms with E-state index in [2.05, 4.69) is 97.6 Å². The van der Waals surface area contributed by atoms with Crippen LogP contribution < -0.4 is 23.6 Å². The van der Waals surface area contributed by atoms with Crippen molar-refractivity contribution < 1.29 is 64.0 Å². The number of hydrogen-bond acceptors (Lipinski definition) is 21. The Morgan fingerprint density at radius 2 is 0.783 bits per heavy atom. The van der Waals surface area contributed by atoms with Gasteiger partial charge in [0.1, 0.15) is 29.1 Å². The van der Waals surface area contributed by atoms with Gasteiger partial charge >= 0.3 is 0 Å². The Morgan fingerprint density at radius 3 is 1.16 bits per heavy atom. The number of imidazole rings is 2. The van der Waals surface area contributed by atoms with Gasteiger partial charge in [-0.1, -0.05) is 101 Å². The van der Waals surface area contributed by atoms with E-state index in [1.54, 1.807) is 63.9 Å². The SMILES string of the molecule is CCn1cnc(-c2cc(S(=O)(=O)NC)ccc2CC2CCCCC2)c1.CNS(=O)(=O)c1ccc(CC2CCCCC2)c(-c2cn(C3CC3)cn2)c1.CNS(=O)(=O)c1ccc(Cc2cc(C)cc(F)c2)c(-c2nnn(C)n2)c1.CNS(=O)(=O)c1ccc(Cc2cc(F)ccc2F)c(-c2nnn(C)n2)c1.CNS(=O)(=O)c1ccc(Cc2cc(F)ccc2F)c(-c2nnnn2C)c1. The Balaban J connectivity index is 0.000000146. The fourth-order valence-corrected chi connectivity index (χ4v) is 19.2. The van der Waals surface area contributed by atoms with Crippen LogP contribution in [0.2, 0.25) is 0 Å². The van der Waals surface area contributed by atoms with Crippen LogP contribution in [0.1, 0.15) is 140 Å². The third-order valence-electron chi connectivity index (χ3n) is 22.5. The zero-order valence-electron chi connectivity index (χ0n) is 72.8. The van der Waals surface area contributed by atoms with Gasteiger partial charge < -0.3 is 9.13 Å². The second-order valence-corrected chi connectivity index (χ2v) is 41.0. The van der Waals surface area contributed by atoms with Crippen LogP contribution in [-0.2, 0) is 110 Å². The van der Waals surface area contributed by atoms with Crippen molar-refractivity contribution in [1.29, 1.82) is 0 Å². The van der Waals surface area contributed by atoms with Gasteiger partial charge in [-0.05, 0) is 273 Å². The highest BCUT2D eigenvalue weighted by atomic mass is 32.2. The lowest BCUT2D eigenvalue weighted by Crippen LogP contribution is -2.19. The number of benzene rings is 8. The van der Waals surface area contributed by atoms with E-state index in [1.165, 1.54) is 192 Å². The quantitative estimate of drug-likeness (QED) is 0.0299. The lowest BCUT2D eigenvalue weighted by molar-refractivity contribution is 0.357. The second-order valence-electron chi connectivity index (χ2n) is 31.5. The summed E-state index contributed by atoms with van der Waals surface area (Å²) in [5.74, 6) is -0.355. The minimum atomic E-state index is -3.69. The van der Waals surface area contributed by atoms with Crippen molar-refractivity contribution in [2.75, 3.05) is 35.2 Å². The molecule has 3 fully saturated rings. The lowest BCUT2D eigenvalue weighted by Gasteiger charge is -2.22. The number of nitrogens with zero attached hydrogens (tertiary/aromatic N) is 16. The highest BCUT2D eigenvalue weighted by molar-refractivity contribution is 7.90. The van der Waals surface area contributed by atoms with Crippen LogP contribution in [0.4, 0.5) is 22.0 Å². The Hall–Kier alpha value is -11.4. The van der Waals surface area contributed by atoms with Gasteiger partial charge in [0.15, 0.2) is 5.82 Å². The average molecular weight is 1870 g/mol. The first kappa shape index (κ1) is 96.7. The van der Waals surface area contributed by atoms with Crippen molar-refractivity contribution in [2.24, 2.45) is 33.0 Å². The van der Waals surface area contributed by atoms with Crippen LogP contribution in [0.3, 0.4) is 0 Å². The molecule has 16 rings (SSSR count). The summed E-state index contributed by atoms with van der Waals surface area (Å²) in [5, 5.41) is 34.9. The number of halogens is 5. The van der Waals surface area contributed by atoms with Gasteiger partial charge in [0.2, 0.25) is 61.8 Å². The molecule has 0 unspecified atom stereocenters. The van der Waals surface area contributed by atoms with Crippen molar-refractivity contribution in [3.63, 3.8) is 0 Å². The maximum Gasteiger partial charge on any atom is 0.240 e. The number of nitrogens with one attached hydrogen (secondary N) is 5. The molecule has 5 aromatic heterocycles. The highest BCUT2D eigenvalue weighted by Crippen LogP contribution is 2.39. The van der Waals surface area contributed by atoms with E-state index in [4.69, 9.17) is 0 Å². The van der Waals surface area contributed by atoms with Crippen LogP contribution in [-0.4, -0.2) is 157 Å².